The second-order valence-electron chi connectivity index (χ2n) is 4.57. The topological polar surface area (TPSA) is 29.9 Å². The van der Waals surface area contributed by atoms with Gasteiger partial charge in [0.1, 0.15) is 0 Å². The van der Waals surface area contributed by atoms with Gasteiger partial charge in [0.25, 0.3) is 0 Å². The minimum absolute atomic E-state index is 0.364. The highest BCUT2D eigenvalue weighted by Gasteiger charge is 2.33. The summed E-state index contributed by atoms with van der Waals surface area (Å²) < 4.78 is 39.1. The lowest BCUT2D eigenvalue weighted by atomic mass is 10.1. The first kappa shape index (κ1) is 15.9. The number of benzene rings is 1. The second-order valence-corrected chi connectivity index (χ2v) is 4.97. The monoisotopic (exact) mass is 317 g/mol. The summed E-state index contributed by atoms with van der Waals surface area (Å²) in [6, 6.07) is 6.16. The molecule has 0 unspecified atom stereocenters. The summed E-state index contributed by atoms with van der Waals surface area (Å²) in [5, 5.41) is 7.15. The maximum atomic E-state index is 12.6. The van der Waals surface area contributed by atoms with Crippen molar-refractivity contribution in [1.82, 2.24) is 15.1 Å². The van der Waals surface area contributed by atoms with Crippen molar-refractivity contribution in [1.29, 1.82) is 0 Å². The van der Waals surface area contributed by atoms with Crippen LogP contribution in [-0.4, -0.2) is 16.3 Å². The Morgan fingerprint density at radius 2 is 2.05 bits per heavy atom. The van der Waals surface area contributed by atoms with Crippen LogP contribution >= 0.6 is 11.6 Å². The molecule has 1 aromatic heterocycles. The van der Waals surface area contributed by atoms with Gasteiger partial charge in [0.15, 0.2) is 5.69 Å². The number of halogens is 4. The van der Waals surface area contributed by atoms with Crippen molar-refractivity contribution in [2.24, 2.45) is 0 Å². The van der Waals surface area contributed by atoms with Crippen LogP contribution < -0.4 is 5.32 Å². The largest absolute Gasteiger partial charge is 0.435 e. The molecule has 0 aliphatic carbocycles. The zero-order valence-corrected chi connectivity index (χ0v) is 12.2. The SMILES string of the molecule is CCCNCc1cccc(Cl)c1-n1ccc(C(F)(F)F)n1. The van der Waals surface area contributed by atoms with E-state index in [1.54, 1.807) is 12.1 Å². The van der Waals surface area contributed by atoms with Gasteiger partial charge in [0.2, 0.25) is 0 Å². The highest BCUT2D eigenvalue weighted by atomic mass is 35.5. The molecule has 21 heavy (non-hydrogen) atoms. The fourth-order valence-electron chi connectivity index (χ4n) is 1.96. The summed E-state index contributed by atoms with van der Waals surface area (Å²) in [6.45, 7) is 3.37. The molecule has 0 saturated heterocycles. The number of hydrogen-bond acceptors (Lipinski definition) is 2. The predicted molar refractivity (Wildman–Crippen MR) is 75.6 cm³/mol. The number of alkyl halides is 3. The Labute approximate surface area is 125 Å². The van der Waals surface area contributed by atoms with Crippen LogP contribution in [0.25, 0.3) is 5.69 Å². The first-order chi connectivity index (χ1) is 9.93. The van der Waals surface area contributed by atoms with Gasteiger partial charge in [0, 0.05) is 12.7 Å². The minimum Gasteiger partial charge on any atom is -0.313 e. The highest BCUT2D eigenvalue weighted by molar-refractivity contribution is 6.32. The lowest BCUT2D eigenvalue weighted by molar-refractivity contribution is -0.141. The molecule has 1 heterocycles. The number of rotatable bonds is 5. The summed E-state index contributed by atoms with van der Waals surface area (Å²) in [6.07, 6.45) is -2.23. The van der Waals surface area contributed by atoms with Crippen molar-refractivity contribution < 1.29 is 13.2 Å². The molecule has 0 atom stereocenters. The van der Waals surface area contributed by atoms with Crippen LogP contribution in [0.15, 0.2) is 30.5 Å². The van der Waals surface area contributed by atoms with E-state index in [0.29, 0.717) is 17.3 Å². The molecule has 2 rings (SSSR count). The molecular weight excluding hydrogens is 303 g/mol. The first-order valence-corrected chi connectivity index (χ1v) is 6.92. The lowest BCUT2D eigenvalue weighted by Gasteiger charge is -2.12. The molecule has 0 spiro atoms. The van der Waals surface area contributed by atoms with Crippen LogP contribution in [0.3, 0.4) is 0 Å². The van der Waals surface area contributed by atoms with Crippen molar-refractivity contribution in [2.75, 3.05) is 6.54 Å². The van der Waals surface area contributed by atoms with E-state index in [1.165, 1.54) is 10.9 Å². The van der Waals surface area contributed by atoms with Gasteiger partial charge in [-0.25, -0.2) is 4.68 Å². The number of nitrogens with zero attached hydrogens (tertiary/aromatic N) is 2. The molecule has 114 valence electrons. The zero-order chi connectivity index (χ0) is 15.5. The van der Waals surface area contributed by atoms with Crippen LogP contribution in [0.5, 0.6) is 0 Å². The molecule has 0 radical (unpaired) electrons. The molecule has 0 aliphatic rings. The van der Waals surface area contributed by atoms with E-state index >= 15 is 0 Å². The molecule has 1 N–H and O–H groups in total. The van der Waals surface area contributed by atoms with E-state index < -0.39 is 11.9 Å². The Morgan fingerprint density at radius 1 is 1.29 bits per heavy atom. The quantitative estimate of drug-likeness (QED) is 0.843. The summed E-state index contributed by atoms with van der Waals surface area (Å²) in [7, 11) is 0. The van der Waals surface area contributed by atoms with Gasteiger partial charge in [-0.05, 0) is 30.7 Å². The number of para-hydroxylation sites is 1. The summed E-state index contributed by atoms with van der Waals surface area (Å²) in [5.41, 5.74) is 0.334. The molecule has 1 aromatic carbocycles. The van der Waals surface area contributed by atoms with Crippen molar-refractivity contribution in [2.45, 2.75) is 26.1 Å². The van der Waals surface area contributed by atoms with Gasteiger partial charge in [-0.3, -0.25) is 0 Å². The van der Waals surface area contributed by atoms with Gasteiger partial charge in [-0.1, -0.05) is 30.7 Å². The normalized spacial score (nSPS) is 11.9. The van der Waals surface area contributed by atoms with E-state index in [-0.39, 0.29) is 0 Å². The second kappa shape index (κ2) is 6.49. The molecule has 0 fully saturated rings. The van der Waals surface area contributed by atoms with E-state index in [0.717, 1.165) is 24.6 Å². The Balaban J connectivity index is 2.36. The number of nitrogens with one attached hydrogen (secondary N) is 1. The zero-order valence-electron chi connectivity index (χ0n) is 11.4. The van der Waals surface area contributed by atoms with Crippen molar-refractivity contribution in [3.05, 3.63) is 46.7 Å². The van der Waals surface area contributed by atoms with Crippen LogP contribution in [0.2, 0.25) is 5.02 Å². The highest BCUT2D eigenvalue weighted by Crippen LogP contribution is 2.30. The maximum absolute atomic E-state index is 12.6. The summed E-state index contributed by atoms with van der Waals surface area (Å²) in [5.74, 6) is 0. The van der Waals surface area contributed by atoms with E-state index in [9.17, 15) is 13.2 Å². The van der Waals surface area contributed by atoms with Gasteiger partial charge < -0.3 is 5.32 Å². The van der Waals surface area contributed by atoms with Gasteiger partial charge >= 0.3 is 6.18 Å². The number of aromatic nitrogens is 2. The third-order valence-corrected chi connectivity index (χ3v) is 3.23. The molecular formula is C14H15ClF3N3. The van der Waals surface area contributed by atoms with Crippen molar-refractivity contribution in [3.8, 4) is 5.69 Å². The third-order valence-electron chi connectivity index (χ3n) is 2.92. The average molecular weight is 318 g/mol. The number of hydrogen-bond donors (Lipinski definition) is 1. The molecule has 3 nitrogen and oxygen atoms in total. The van der Waals surface area contributed by atoms with Crippen molar-refractivity contribution in [3.63, 3.8) is 0 Å². The van der Waals surface area contributed by atoms with E-state index in [4.69, 9.17) is 11.6 Å². The van der Waals surface area contributed by atoms with E-state index in [2.05, 4.69) is 10.4 Å². The van der Waals surface area contributed by atoms with Crippen LogP contribution in [0.1, 0.15) is 24.6 Å². The fourth-order valence-corrected chi connectivity index (χ4v) is 2.24. The molecule has 0 saturated carbocycles. The summed E-state index contributed by atoms with van der Waals surface area (Å²) >= 11 is 6.13. The minimum atomic E-state index is -4.47. The summed E-state index contributed by atoms with van der Waals surface area (Å²) in [4.78, 5) is 0. The Hall–Kier alpha value is -1.53. The molecule has 0 bridgehead atoms. The molecule has 0 amide bonds. The van der Waals surface area contributed by atoms with Crippen LogP contribution in [0, 0.1) is 0 Å². The van der Waals surface area contributed by atoms with Gasteiger partial charge in [-0.2, -0.15) is 18.3 Å². The fraction of sp³-hybridized carbons (Fsp3) is 0.357. The standard InChI is InChI=1S/C14H15ClF3N3/c1-2-7-19-9-10-4-3-5-11(15)13(10)21-8-6-12(20-21)14(16,17)18/h3-6,8,19H,2,7,9H2,1H3. The third kappa shape index (κ3) is 3.77. The maximum Gasteiger partial charge on any atom is 0.435 e. The van der Waals surface area contributed by atoms with E-state index in [1.807, 2.05) is 13.0 Å². The smallest absolute Gasteiger partial charge is 0.313 e. The molecule has 0 aliphatic heterocycles. The molecule has 7 heteroatoms. The Morgan fingerprint density at radius 3 is 2.67 bits per heavy atom. The van der Waals surface area contributed by atoms with Crippen molar-refractivity contribution >= 4 is 11.6 Å². The van der Waals surface area contributed by atoms with Crippen LogP contribution in [0.4, 0.5) is 13.2 Å². The lowest BCUT2D eigenvalue weighted by Crippen LogP contribution is -2.16. The predicted octanol–water partition coefficient (Wildman–Crippen LogP) is 4.04. The van der Waals surface area contributed by atoms with Gasteiger partial charge in [-0.15, -0.1) is 0 Å². The molecule has 2 aromatic rings. The van der Waals surface area contributed by atoms with Crippen LogP contribution in [-0.2, 0) is 12.7 Å². The van der Waals surface area contributed by atoms with Gasteiger partial charge in [0.05, 0.1) is 10.7 Å². The Kier molecular flexibility index (Phi) is 4.90. The first-order valence-electron chi connectivity index (χ1n) is 6.55. The average Bonchev–Trinajstić information content (AvgIpc) is 2.88. The Bertz CT molecular complexity index is 608.